The number of thiocarbonyl (C=S) groups is 1. The highest BCUT2D eigenvalue weighted by molar-refractivity contribution is 7.80. The lowest BCUT2D eigenvalue weighted by Gasteiger charge is -2.19. The minimum atomic E-state index is 0.198. The van der Waals surface area contributed by atoms with Gasteiger partial charge in [0.25, 0.3) is 0 Å². The zero-order valence-corrected chi connectivity index (χ0v) is 9.23. The third-order valence-electron chi connectivity index (χ3n) is 1.71. The fourth-order valence-corrected chi connectivity index (χ4v) is 1.52. The second-order valence-electron chi connectivity index (χ2n) is 2.91. The van der Waals surface area contributed by atoms with Gasteiger partial charge in [0.05, 0.1) is 4.99 Å². The summed E-state index contributed by atoms with van der Waals surface area (Å²) in [7, 11) is 1.95. The quantitative estimate of drug-likeness (QED) is 0.758. The van der Waals surface area contributed by atoms with Crippen LogP contribution in [0.4, 0.5) is 5.13 Å². The lowest BCUT2D eigenvalue weighted by Crippen LogP contribution is -2.31. The van der Waals surface area contributed by atoms with E-state index in [1.165, 1.54) is 11.3 Å². The number of nitrogens with two attached hydrogens (primary N) is 1. The van der Waals surface area contributed by atoms with Crippen LogP contribution in [-0.2, 0) is 0 Å². The second kappa shape index (κ2) is 4.48. The fraction of sp³-hybridized carbons (Fsp3) is 0.571. The smallest absolute Gasteiger partial charge is 0.207 e. The zero-order valence-electron chi connectivity index (χ0n) is 7.60. The van der Waals surface area contributed by atoms with Gasteiger partial charge in [-0.15, -0.1) is 10.2 Å². The van der Waals surface area contributed by atoms with E-state index >= 15 is 0 Å². The maximum Gasteiger partial charge on any atom is 0.207 e. The van der Waals surface area contributed by atoms with Crippen molar-refractivity contribution in [3.05, 3.63) is 5.51 Å². The highest BCUT2D eigenvalue weighted by Crippen LogP contribution is 2.14. The third kappa shape index (κ3) is 2.89. The van der Waals surface area contributed by atoms with E-state index < -0.39 is 0 Å². The molecular formula is C7H12N4S2. The van der Waals surface area contributed by atoms with Crippen LogP contribution in [0.2, 0.25) is 0 Å². The largest absolute Gasteiger partial charge is 0.393 e. The SMILES string of the molecule is CC(CN(C)c1nncs1)C(N)=S. The topological polar surface area (TPSA) is 55.0 Å². The molecule has 1 aromatic heterocycles. The molecule has 0 saturated carbocycles. The number of rotatable bonds is 4. The molecule has 72 valence electrons. The third-order valence-corrected chi connectivity index (χ3v) is 2.91. The normalized spacial score (nSPS) is 12.5. The van der Waals surface area contributed by atoms with Crippen LogP contribution in [0.15, 0.2) is 5.51 Å². The molecule has 1 heterocycles. The van der Waals surface area contributed by atoms with Gasteiger partial charge in [-0.3, -0.25) is 0 Å². The van der Waals surface area contributed by atoms with Gasteiger partial charge < -0.3 is 10.6 Å². The van der Waals surface area contributed by atoms with E-state index in [4.69, 9.17) is 18.0 Å². The maximum absolute atomic E-state index is 5.51. The van der Waals surface area contributed by atoms with Crippen molar-refractivity contribution >= 4 is 33.7 Å². The summed E-state index contributed by atoms with van der Waals surface area (Å²) in [5, 5.41) is 8.59. The molecule has 0 amide bonds. The molecule has 1 rings (SSSR count). The highest BCUT2D eigenvalue weighted by atomic mass is 32.1. The van der Waals surface area contributed by atoms with Crippen molar-refractivity contribution in [2.75, 3.05) is 18.5 Å². The van der Waals surface area contributed by atoms with Crippen LogP contribution in [-0.4, -0.2) is 28.8 Å². The summed E-state index contributed by atoms with van der Waals surface area (Å²) in [5.41, 5.74) is 7.22. The number of aromatic nitrogens is 2. The monoisotopic (exact) mass is 216 g/mol. The minimum absolute atomic E-state index is 0.198. The van der Waals surface area contributed by atoms with Gasteiger partial charge >= 0.3 is 0 Å². The van der Waals surface area contributed by atoms with Crippen LogP contribution in [0, 0.1) is 5.92 Å². The zero-order chi connectivity index (χ0) is 9.84. The lowest BCUT2D eigenvalue weighted by molar-refractivity contribution is 0.737. The standard InChI is InChI=1S/C7H12N4S2/c1-5(6(8)12)3-11(2)7-10-9-4-13-7/h4-5H,3H2,1-2H3,(H2,8,12). The molecule has 0 saturated heterocycles. The summed E-state index contributed by atoms with van der Waals surface area (Å²) in [5.74, 6) is 0.198. The predicted molar refractivity (Wildman–Crippen MR) is 59.1 cm³/mol. The molecule has 2 N–H and O–H groups in total. The van der Waals surface area contributed by atoms with Crippen molar-refractivity contribution in [1.29, 1.82) is 0 Å². The summed E-state index contributed by atoms with van der Waals surface area (Å²) >= 11 is 6.39. The average Bonchev–Trinajstić information content (AvgIpc) is 2.55. The molecule has 4 nitrogen and oxygen atoms in total. The molecule has 1 aromatic rings. The van der Waals surface area contributed by atoms with E-state index in [-0.39, 0.29) is 5.92 Å². The van der Waals surface area contributed by atoms with Crippen molar-refractivity contribution < 1.29 is 0 Å². The predicted octanol–water partition coefficient (Wildman–Crippen LogP) is 0.897. The molecule has 0 aliphatic rings. The van der Waals surface area contributed by atoms with Crippen molar-refractivity contribution in [2.24, 2.45) is 11.7 Å². The first-order valence-corrected chi connectivity index (χ1v) is 5.16. The molecule has 0 fully saturated rings. The van der Waals surface area contributed by atoms with Crippen molar-refractivity contribution in [3.63, 3.8) is 0 Å². The number of nitrogens with zero attached hydrogens (tertiary/aromatic N) is 3. The van der Waals surface area contributed by atoms with Crippen molar-refractivity contribution in [2.45, 2.75) is 6.92 Å². The van der Waals surface area contributed by atoms with Gasteiger partial charge in [0.15, 0.2) is 0 Å². The Kier molecular flexibility index (Phi) is 3.56. The van der Waals surface area contributed by atoms with Crippen LogP contribution in [0.25, 0.3) is 0 Å². The Morgan fingerprint density at radius 3 is 3.00 bits per heavy atom. The fourth-order valence-electron chi connectivity index (χ4n) is 0.912. The van der Waals surface area contributed by atoms with E-state index in [1.807, 2.05) is 18.9 Å². The molecule has 0 aliphatic carbocycles. The minimum Gasteiger partial charge on any atom is -0.393 e. The number of hydrogen-bond acceptors (Lipinski definition) is 5. The van der Waals surface area contributed by atoms with E-state index in [1.54, 1.807) is 5.51 Å². The maximum atomic E-state index is 5.51. The van der Waals surface area contributed by atoms with E-state index in [2.05, 4.69) is 10.2 Å². The Hall–Kier alpha value is -0.750. The first-order valence-electron chi connectivity index (χ1n) is 3.88. The Balaban J connectivity index is 2.51. The summed E-state index contributed by atoms with van der Waals surface area (Å²) in [6.07, 6.45) is 0. The molecular weight excluding hydrogens is 204 g/mol. The van der Waals surface area contributed by atoms with Gasteiger partial charge in [-0.2, -0.15) is 0 Å². The van der Waals surface area contributed by atoms with Crippen LogP contribution in [0.1, 0.15) is 6.92 Å². The van der Waals surface area contributed by atoms with Crippen LogP contribution >= 0.6 is 23.6 Å². The summed E-state index contributed by atoms with van der Waals surface area (Å²) in [4.78, 5) is 2.54. The lowest BCUT2D eigenvalue weighted by atomic mass is 10.2. The number of hydrogen-bond donors (Lipinski definition) is 1. The van der Waals surface area contributed by atoms with Gasteiger partial charge in [0.2, 0.25) is 5.13 Å². The van der Waals surface area contributed by atoms with Gasteiger partial charge in [-0.05, 0) is 0 Å². The number of anilines is 1. The highest BCUT2D eigenvalue weighted by Gasteiger charge is 2.11. The molecule has 0 bridgehead atoms. The summed E-state index contributed by atoms with van der Waals surface area (Å²) < 4.78 is 0. The van der Waals surface area contributed by atoms with E-state index in [9.17, 15) is 0 Å². The van der Waals surface area contributed by atoms with Gasteiger partial charge in [-0.1, -0.05) is 30.5 Å². The van der Waals surface area contributed by atoms with Gasteiger partial charge in [0, 0.05) is 19.5 Å². The van der Waals surface area contributed by atoms with Crippen molar-refractivity contribution in [1.82, 2.24) is 10.2 Å². The Labute approximate surface area is 86.8 Å². The Bertz CT molecular complexity index is 272. The average molecular weight is 216 g/mol. The Morgan fingerprint density at radius 1 is 1.85 bits per heavy atom. The molecule has 0 aliphatic heterocycles. The van der Waals surface area contributed by atoms with Crippen LogP contribution in [0.5, 0.6) is 0 Å². The summed E-state index contributed by atoms with van der Waals surface area (Å²) in [6, 6.07) is 0. The molecule has 1 unspecified atom stereocenters. The van der Waals surface area contributed by atoms with Crippen LogP contribution in [0.3, 0.4) is 0 Å². The van der Waals surface area contributed by atoms with E-state index in [0.717, 1.165) is 11.7 Å². The van der Waals surface area contributed by atoms with Crippen molar-refractivity contribution in [3.8, 4) is 0 Å². The van der Waals surface area contributed by atoms with E-state index in [0.29, 0.717) is 4.99 Å². The molecule has 0 spiro atoms. The van der Waals surface area contributed by atoms with Gasteiger partial charge in [-0.25, -0.2) is 0 Å². The molecule has 0 aromatic carbocycles. The Morgan fingerprint density at radius 2 is 2.54 bits per heavy atom. The van der Waals surface area contributed by atoms with Crippen LogP contribution < -0.4 is 10.6 Å². The molecule has 13 heavy (non-hydrogen) atoms. The first kappa shape index (κ1) is 10.3. The molecule has 6 heteroatoms. The molecule has 0 radical (unpaired) electrons. The second-order valence-corrected chi connectivity index (χ2v) is 4.19. The molecule has 1 atom stereocenters. The first-order chi connectivity index (χ1) is 6.11. The van der Waals surface area contributed by atoms with Gasteiger partial charge in [0.1, 0.15) is 5.51 Å². The summed E-state index contributed by atoms with van der Waals surface area (Å²) in [6.45, 7) is 2.78.